The Labute approximate surface area is 148 Å². The zero-order valence-corrected chi connectivity index (χ0v) is 15.7. The zero-order chi connectivity index (χ0) is 17.6. The van der Waals surface area contributed by atoms with Crippen molar-refractivity contribution in [2.24, 2.45) is 5.73 Å². The number of carbonyl (C=O) groups is 1. The van der Waals surface area contributed by atoms with Crippen LogP contribution in [0, 0.1) is 0 Å². The Balaban J connectivity index is 2.66. The molecule has 0 bridgehead atoms. The zero-order valence-electron chi connectivity index (χ0n) is 15.7. The van der Waals surface area contributed by atoms with Crippen LogP contribution >= 0.6 is 0 Å². The van der Waals surface area contributed by atoms with E-state index in [1.165, 1.54) is 75.3 Å². The molecule has 0 aliphatic rings. The Morgan fingerprint density at radius 1 is 0.875 bits per heavy atom. The molecule has 2 amide bonds. The van der Waals surface area contributed by atoms with Crippen molar-refractivity contribution in [2.45, 2.75) is 90.9 Å². The topological polar surface area (TPSA) is 55.1 Å². The van der Waals surface area contributed by atoms with E-state index in [4.69, 9.17) is 5.73 Å². The maximum atomic E-state index is 11.3. The van der Waals surface area contributed by atoms with Gasteiger partial charge in [0.05, 0.1) is 0 Å². The van der Waals surface area contributed by atoms with Crippen LogP contribution in [-0.4, -0.2) is 6.03 Å². The Morgan fingerprint density at radius 3 is 2.04 bits per heavy atom. The van der Waals surface area contributed by atoms with Crippen molar-refractivity contribution >= 4 is 11.7 Å². The predicted molar refractivity (Wildman–Crippen MR) is 105 cm³/mol. The highest BCUT2D eigenvalue weighted by Gasteiger charge is 2.09. The molecule has 0 aliphatic heterocycles. The molecule has 0 heterocycles. The number of unbranched alkanes of at least 4 members (excludes halogenated alkanes) is 8. The molecule has 0 atom stereocenters. The fourth-order valence-electron chi connectivity index (χ4n) is 3.24. The highest BCUT2D eigenvalue weighted by Crippen LogP contribution is 2.25. The first kappa shape index (κ1) is 20.5. The SMILES string of the molecule is CCCCCCCc1cccc(NC(N)=O)c1CCCCCCC. The molecule has 0 saturated heterocycles. The number of hydrogen-bond acceptors (Lipinski definition) is 1. The molecule has 1 aromatic rings. The first-order valence-electron chi connectivity index (χ1n) is 9.86. The van der Waals surface area contributed by atoms with E-state index >= 15 is 0 Å². The van der Waals surface area contributed by atoms with Gasteiger partial charge >= 0.3 is 6.03 Å². The summed E-state index contributed by atoms with van der Waals surface area (Å²) in [6, 6.07) is 5.76. The number of aryl methyl sites for hydroxylation is 1. The summed E-state index contributed by atoms with van der Waals surface area (Å²) in [7, 11) is 0. The van der Waals surface area contributed by atoms with Crippen molar-refractivity contribution in [1.29, 1.82) is 0 Å². The summed E-state index contributed by atoms with van der Waals surface area (Å²) in [5.41, 5.74) is 8.93. The van der Waals surface area contributed by atoms with E-state index in [-0.39, 0.29) is 0 Å². The normalized spacial score (nSPS) is 10.8. The Kier molecular flexibility index (Phi) is 11.0. The third kappa shape index (κ3) is 8.37. The Bertz CT molecular complexity index is 471. The lowest BCUT2D eigenvalue weighted by atomic mass is 9.95. The van der Waals surface area contributed by atoms with Crippen LogP contribution in [0.1, 0.15) is 89.2 Å². The van der Waals surface area contributed by atoms with E-state index < -0.39 is 6.03 Å². The van der Waals surface area contributed by atoms with Gasteiger partial charge in [-0.05, 0) is 42.9 Å². The summed E-state index contributed by atoms with van der Waals surface area (Å²) in [6.45, 7) is 4.48. The summed E-state index contributed by atoms with van der Waals surface area (Å²) in [5, 5.41) is 2.82. The number of amides is 2. The molecule has 1 rings (SSSR count). The first-order valence-corrected chi connectivity index (χ1v) is 9.86. The summed E-state index contributed by atoms with van der Waals surface area (Å²) in [4.78, 5) is 11.3. The minimum absolute atomic E-state index is 0.470. The molecule has 0 spiro atoms. The summed E-state index contributed by atoms with van der Waals surface area (Å²) >= 11 is 0. The number of nitrogens with two attached hydrogens (primary N) is 1. The molecular formula is C21H36N2O. The minimum atomic E-state index is -0.470. The van der Waals surface area contributed by atoms with Crippen molar-refractivity contribution in [2.75, 3.05) is 5.32 Å². The number of nitrogens with one attached hydrogen (secondary N) is 1. The van der Waals surface area contributed by atoms with Crippen LogP contribution in [0.4, 0.5) is 10.5 Å². The van der Waals surface area contributed by atoms with Crippen LogP contribution < -0.4 is 11.1 Å². The maximum Gasteiger partial charge on any atom is 0.316 e. The first-order chi connectivity index (χ1) is 11.7. The van der Waals surface area contributed by atoms with E-state index in [1.54, 1.807) is 0 Å². The quantitative estimate of drug-likeness (QED) is 0.415. The summed E-state index contributed by atoms with van der Waals surface area (Å²) in [6.07, 6.45) is 14.9. The highest BCUT2D eigenvalue weighted by molar-refractivity contribution is 5.88. The van der Waals surface area contributed by atoms with Crippen molar-refractivity contribution in [3.05, 3.63) is 29.3 Å². The summed E-state index contributed by atoms with van der Waals surface area (Å²) < 4.78 is 0. The van der Waals surface area contributed by atoms with Crippen molar-refractivity contribution in [3.8, 4) is 0 Å². The van der Waals surface area contributed by atoms with Crippen LogP contribution in [0.3, 0.4) is 0 Å². The monoisotopic (exact) mass is 332 g/mol. The molecule has 1 aromatic carbocycles. The smallest absolute Gasteiger partial charge is 0.316 e. The molecule has 136 valence electrons. The lowest BCUT2D eigenvalue weighted by molar-refractivity contribution is 0.259. The summed E-state index contributed by atoms with van der Waals surface area (Å²) in [5.74, 6) is 0. The van der Waals surface area contributed by atoms with E-state index in [1.807, 2.05) is 12.1 Å². The Hall–Kier alpha value is -1.51. The van der Waals surface area contributed by atoms with Gasteiger partial charge in [-0.2, -0.15) is 0 Å². The van der Waals surface area contributed by atoms with Gasteiger partial charge in [0.1, 0.15) is 0 Å². The van der Waals surface area contributed by atoms with Gasteiger partial charge in [-0.1, -0.05) is 77.3 Å². The number of primary amides is 1. The molecule has 3 heteroatoms. The molecule has 0 aromatic heterocycles. The number of rotatable bonds is 13. The van der Waals surface area contributed by atoms with Crippen molar-refractivity contribution < 1.29 is 4.79 Å². The van der Waals surface area contributed by atoms with Gasteiger partial charge in [0.25, 0.3) is 0 Å². The van der Waals surface area contributed by atoms with E-state index in [0.29, 0.717) is 0 Å². The average molecular weight is 333 g/mol. The molecule has 24 heavy (non-hydrogen) atoms. The second kappa shape index (κ2) is 12.9. The van der Waals surface area contributed by atoms with Gasteiger partial charge in [-0.15, -0.1) is 0 Å². The van der Waals surface area contributed by atoms with Gasteiger partial charge in [0.2, 0.25) is 0 Å². The standard InChI is InChI=1S/C21H36N2O/c1-3-5-7-9-11-14-18-15-13-17-20(23-21(22)24)19(18)16-12-10-8-6-4-2/h13,15,17H,3-12,14,16H2,1-2H3,(H3,22,23,24). The third-order valence-electron chi connectivity index (χ3n) is 4.61. The highest BCUT2D eigenvalue weighted by atomic mass is 16.2. The van der Waals surface area contributed by atoms with Crippen LogP contribution in [0.15, 0.2) is 18.2 Å². The van der Waals surface area contributed by atoms with Crippen molar-refractivity contribution in [3.63, 3.8) is 0 Å². The minimum Gasteiger partial charge on any atom is -0.351 e. The second-order valence-corrected chi connectivity index (χ2v) is 6.76. The third-order valence-corrected chi connectivity index (χ3v) is 4.61. The largest absolute Gasteiger partial charge is 0.351 e. The fourth-order valence-corrected chi connectivity index (χ4v) is 3.24. The molecule has 0 saturated carbocycles. The molecule has 0 unspecified atom stereocenters. The van der Waals surface area contributed by atoms with Gasteiger partial charge in [-0.3, -0.25) is 0 Å². The van der Waals surface area contributed by atoms with E-state index in [0.717, 1.165) is 18.5 Å². The number of anilines is 1. The molecule has 0 aliphatic carbocycles. The number of hydrogen-bond donors (Lipinski definition) is 2. The van der Waals surface area contributed by atoms with E-state index in [9.17, 15) is 4.79 Å². The van der Waals surface area contributed by atoms with Gasteiger partial charge < -0.3 is 11.1 Å². The van der Waals surface area contributed by atoms with Gasteiger partial charge in [0, 0.05) is 5.69 Å². The van der Waals surface area contributed by atoms with Crippen molar-refractivity contribution in [1.82, 2.24) is 0 Å². The number of benzene rings is 1. The second-order valence-electron chi connectivity index (χ2n) is 6.76. The average Bonchev–Trinajstić information content (AvgIpc) is 2.55. The van der Waals surface area contributed by atoms with Crippen LogP contribution in [-0.2, 0) is 12.8 Å². The van der Waals surface area contributed by atoms with Gasteiger partial charge in [-0.25, -0.2) is 4.79 Å². The molecule has 0 fully saturated rings. The van der Waals surface area contributed by atoms with Crippen LogP contribution in [0.25, 0.3) is 0 Å². The molecule has 0 radical (unpaired) electrons. The number of urea groups is 1. The van der Waals surface area contributed by atoms with Gasteiger partial charge in [0.15, 0.2) is 0 Å². The number of carbonyl (C=O) groups excluding carboxylic acids is 1. The van der Waals surface area contributed by atoms with E-state index in [2.05, 4.69) is 25.2 Å². The molecule has 3 nitrogen and oxygen atoms in total. The lowest BCUT2D eigenvalue weighted by Crippen LogP contribution is -2.20. The lowest BCUT2D eigenvalue weighted by Gasteiger charge is -2.15. The molecular weight excluding hydrogens is 296 g/mol. The Morgan fingerprint density at radius 2 is 1.46 bits per heavy atom. The fraction of sp³-hybridized carbons (Fsp3) is 0.667. The molecule has 3 N–H and O–H groups in total. The van der Waals surface area contributed by atoms with Crippen LogP contribution in [0.5, 0.6) is 0 Å². The van der Waals surface area contributed by atoms with Crippen LogP contribution in [0.2, 0.25) is 0 Å². The maximum absolute atomic E-state index is 11.3. The predicted octanol–water partition coefficient (Wildman–Crippen LogP) is 6.20.